The molecule has 2 rings (SSSR count). The van der Waals surface area contributed by atoms with Crippen LogP contribution in [0.4, 0.5) is 0 Å². The standard InChI is InChI=1S/C14H16ClN3S/c1-2-11(16)7-10-8-17-14(18-9-10)19-13-6-4-3-5-12(13)15/h3-6,8-9,11H,2,7,16H2,1H3. The Morgan fingerprint density at radius 2 is 1.95 bits per heavy atom. The lowest BCUT2D eigenvalue weighted by Crippen LogP contribution is -2.21. The van der Waals surface area contributed by atoms with Crippen LogP contribution in [-0.4, -0.2) is 16.0 Å². The van der Waals surface area contributed by atoms with Gasteiger partial charge in [-0.05, 0) is 42.3 Å². The third kappa shape index (κ3) is 4.20. The zero-order chi connectivity index (χ0) is 13.7. The summed E-state index contributed by atoms with van der Waals surface area (Å²) in [6.45, 7) is 2.08. The molecule has 1 atom stereocenters. The number of hydrogen-bond acceptors (Lipinski definition) is 4. The van der Waals surface area contributed by atoms with E-state index in [2.05, 4.69) is 16.9 Å². The van der Waals surface area contributed by atoms with E-state index in [1.165, 1.54) is 11.8 Å². The SMILES string of the molecule is CCC(N)Cc1cnc(Sc2ccccc2Cl)nc1. The highest BCUT2D eigenvalue weighted by molar-refractivity contribution is 7.99. The maximum Gasteiger partial charge on any atom is 0.192 e. The smallest absolute Gasteiger partial charge is 0.192 e. The molecule has 1 aromatic carbocycles. The number of hydrogen-bond donors (Lipinski definition) is 1. The summed E-state index contributed by atoms with van der Waals surface area (Å²) in [6, 6.07) is 7.84. The van der Waals surface area contributed by atoms with E-state index >= 15 is 0 Å². The highest BCUT2D eigenvalue weighted by Crippen LogP contribution is 2.30. The van der Waals surface area contributed by atoms with Gasteiger partial charge in [0.2, 0.25) is 0 Å². The third-order valence-corrected chi connectivity index (χ3v) is 4.15. The molecule has 2 aromatic rings. The van der Waals surface area contributed by atoms with Gasteiger partial charge in [0, 0.05) is 23.3 Å². The molecule has 0 amide bonds. The van der Waals surface area contributed by atoms with Crippen LogP contribution < -0.4 is 5.73 Å². The Bertz CT molecular complexity index is 530. The fraction of sp³-hybridized carbons (Fsp3) is 0.286. The van der Waals surface area contributed by atoms with Crippen LogP contribution in [0.15, 0.2) is 46.7 Å². The van der Waals surface area contributed by atoms with Crippen molar-refractivity contribution in [2.24, 2.45) is 5.73 Å². The average Bonchev–Trinajstić information content (AvgIpc) is 2.43. The molecule has 0 aliphatic rings. The van der Waals surface area contributed by atoms with Crippen LogP contribution in [0.2, 0.25) is 5.02 Å². The van der Waals surface area contributed by atoms with Crippen LogP contribution in [0.25, 0.3) is 0 Å². The minimum absolute atomic E-state index is 0.172. The monoisotopic (exact) mass is 293 g/mol. The van der Waals surface area contributed by atoms with Crippen LogP contribution in [0.3, 0.4) is 0 Å². The van der Waals surface area contributed by atoms with Crippen LogP contribution in [0.5, 0.6) is 0 Å². The van der Waals surface area contributed by atoms with Crippen molar-refractivity contribution in [1.82, 2.24) is 9.97 Å². The Labute approximate surface area is 122 Å². The molecule has 0 saturated carbocycles. The average molecular weight is 294 g/mol. The van der Waals surface area contributed by atoms with Gasteiger partial charge >= 0.3 is 0 Å². The molecular weight excluding hydrogens is 278 g/mol. The molecule has 1 aromatic heterocycles. The van der Waals surface area contributed by atoms with Crippen molar-refractivity contribution >= 4 is 23.4 Å². The molecule has 0 aliphatic heterocycles. The molecule has 3 nitrogen and oxygen atoms in total. The molecule has 2 N–H and O–H groups in total. The van der Waals surface area contributed by atoms with Crippen LogP contribution in [0.1, 0.15) is 18.9 Å². The summed E-state index contributed by atoms with van der Waals surface area (Å²) in [5.41, 5.74) is 6.98. The van der Waals surface area contributed by atoms with Gasteiger partial charge < -0.3 is 5.73 Å². The number of rotatable bonds is 5. The fourth-order valence-corrected chi connectivity index (χ4v) is 2.55. The Kier molecular flexibility index (Phi) is 5.19. The quantitative estimate of drug-likeness (QED) is 0.857. The Balaban J connectivity index is 2.05. The van der Waals surface area contributed by atoms with Gasteiger partial charge in [-0.2, -0.15) is 0 Å². The molecule has 0 fully saturated rings. The van der Waals surface area contributed by atoms with Gasteiger partial charge in [-0.1, -0.05) is 30.7 Å². The van der Waals surface area contributed by atoms with Gasteiger partial charge in [0.25, 0.3) is 0 Å². The number of benzene rings is 1. The van der Waals surface area contributed by atoms with E-state index < -0.39 is 0 Å². The largest absolute Gasteiger partial charge is 0.327 e. The first kappa shape index (κ1) is 14.3. The second-order valence-corrected chi connectivity index (χ2v) is 5.70. The van der Waals surface area contributed by atoms with Crippen molar-refractivity contribution in [3.8, 4) is 0 Å². The molecule has 0 saturated heterocycles. The summed E-state index contributed by atoms with van der Waals surface area (Å²) in [5.74, 6) is 0. The maximum absolute atomic E-state index is 6.10. The summed E-state index contributed by atoms with van der Waals surface area (Å²) >= 11 is 7.56. The van der Waals surface area contributed by atoms with Gasteiger partial charge in [-0.25, -0.2) is 9.97 Å². The van der Waals surface area contributed by atoms with Crippen molar-refractivity contribution in [2.45, 2.75) is 35.9 Å². The maximum atomic E-state index is 6.10. The van der Waals surface area contributed by atoms with E-state index in [0.29, 0.717) is 10.2 Å². The Morgan fingerprint density at radius 1 is 1.26 bits per heavy atom. The molecule has 0 aliphatic carbocycles. The molecule has 0 spiro atoms. The van der Waals surface area contributed by atoms with Crippen LogP contribution in [0, 0.1) is 0 Å². The van der Waals surface area contributed by atoms with E-state index in [-0.39, 0.29) is 6.04 Å². The number of nitrogens with zero attached hydrogens (tertiary/aromatic N) is 2. The van der Waals surface area contributed by atoms with Gasteiger partial charge in [-0.15, -0.1) is 0 Å². The summed E-state index contributed by atoms with van der Waals surface area (Å²) in [5, 5.41) is 1.41. The zero-order valence-corrected chi connectivity index (χ0v) is 12.3. The number of aromatic nitrogens is 2. The first-order valence-electron chi connectivity index (χ1n) is 6.18. The van der Waals surface area contributed by atoms with Gasteiger partial charge in [0.15, 0.2) is 5.16 Å². The third-order valence-electron chi connectivity index (χ3n) is 2.74. The first-order valence-corrected chi connectivity index (χ1v) is 7.37. The number of halogens is 1. The lowest BCUT2D eigenvalue weighted by Gasteiger charge is -2.08. The normalized spacial score (nSPS) is 12.4. The van der Waals surface area contributed by atoms with Crippen molar-refractivity contribution in [3.63, 3.8) is 0 Å². The van der Waals surface area contributed by atoms with Crippen molar-refractivity contribution in [1.29, 1.82) is 0 Å². The topological polar surface area (TPSA) is 51.8 Å². The molecule has 19 heavy (non-hydrogen) atoms. The van der Waals surface area contributed by atoms with Crippen molar-refractivity contribution in [2.75, 3.05) is 0 Å². The van der Waals surface area contributed by atoms with E-state index in [4.69, 9.17) is 17.3 Å². The molecular formula is C14H16ClN3S. The van der Waals surface area contributed by atoms with Crippen molar-refractivity contribution < 1.29 is 0 Å². The summed E-state index contributed by atoms with van der Waals surface area (Å²) in [6.07, 6.45) is 5.44. The van der Waals surface area contributed by atoms with E-state index in [1.807, 2.05) is 36.7 Å². The van der Waals surface area contributed by atoms with Gasteiger partial charge in [0.1, 0.15) is 0 Å². The molecule has 5 heteroatoms. The van der Waals surface area contributed by atoms with Crippen LogP contribution in [-0.2, 0) is 6.42 Å². The molecule has 0 radical (unpaired) electrons. The highest BCUT2D eigenvalue weighted by Gasteiger charge is 2.06. The minimum atomic E-state index is 0.172. The predicted octanol–water partition coefficient (Wildman–Crippen LogP) is 3.56. The fourth-order valence-electron chi connectivity index (χ4n) is 1.57. The summed E-state index contributed by atoms with van der Waals surface area (Å²) in [4.78, 5) is 9.64. The summed E-state index contributed by atoms with van der Waals surface area (Å²) in [7, 11) is 0. The first-order chi connectivity index (χ1) is 9.19. The molecule has 1 unspecified atom stereocenters. The predicted molar refractivity (Wildman–Crippen MR) is 79.6 cm³/mol. The van der Waals surface area contributed by atoms with Gasteiger partial charge in [0.05, 0.1) is 5.02 Å². The highest BCUT2D eigenvalue weighted by atomic mass is 35.5. The van der Waals surface area contributed by atoms with Crippen LogP contribution >= 0.6 is 23.4 Å². The second-order valence-electron chi connectivity index (χ2n) is 4.28. The van der Waals surface area contributed by atoms with Gasteiger partial charge in [-0.3, -0.25) is 0 Å². The Hall–Kier alpha value is -1.10. The molecule has 1 heterocycles. The number of nitrogens with two attached hydrogens (primary N) is 1. The van der Waals surface area contributed by atoms with E-state index in [0.717, 1.165) is 23.3 Å². The van der Waals surface area contributed by atoms with Crippen molar-refractivity contribution in [3.05, 3.63) is 47.2 Å². The molecule has 0 bridgehead atoms. The molecule has 100 valence electrons. The Morgan fingerprint density at radius 3 is 2.58 bits per heavy atom. The second kappa shape index (κ2) is 6.89. The lowest BCUT2D eigenvalue weighted by molar-refractivity contribution is 0.641. The summed E-state index contributed by atoms with van der Waals surface area (Å²) < 4.78 is 0. The van der Waals surface area contributed by atoms with E-state index in [1.54, 1.807) is 0 Å². The minimum Gasteiger partial charge on any atom is -0.327 e. The lowest BCUT2D eigenvalue weighted by atomic mass is 10.1. The zero-order valence-electron chi connectivity index (χ0n) is 10.7. The van der Waals surface area contributed by atoms with E-state index in [9.17, 15) is 0 Å².